The van der Waals surface area contributed by atoms with Crippen molar-refractivity contribution in [3.05, 3.63) is 65.5 Å². The van der Waals surface area contributed by atoms with Crippen LogP contribution >= 0.6 is 0 Å². The summed E-state index contributed by atoms with van der Waals surface area (Å²) in [6.45, 7) is 0.666. The fourth-order valence-electron chi connectivity index (χ4n) is 2.71. The fourth-order valence-corrected chi connectivity index (χ4v) is 2.71. The molecule has 0 fully saturated rings. The second kappa shape index (κ2) is 4.48. The topological polar surface area (TPSA) is 68.0 Å². The van der Waals surface area contributed by atoms with Gasteiger partial charge in [-0.3, -0.25) is 15.1 Å². The van der Waals surface area contributed by atoms with Crippen molar-refractivity contribution in [1.82, 2.24) is 10.3 Å². The van der Waals surface area contributed by atoms with Gasteiger partial charge in [-0.25, -0.2) is 0 Å². The highest BCUT2D eigenvalue weighted by Crippen LogP contribution is 2.33. The summed E-state index contributed by atoms with van der Waals surface area (Å²) in [6.07, 6.45) is 4.01. The van der Waals surface area contributed by atoms with Gasteiger partial charge in [-0.05, 0) is 22.8 Å². The van der Waals surface area contributed by atoms with Gasteiger partial charge in [0.2, 0.25) is 5.91 Å². The molecule has 4 nitrogen and oxygen atoms in total. The summed E-state index contributed by atoms with van der Waals surface area (Å²) in [5.74, 6) is -0.346. The Labute approximate surface area is 111 Å². The Morgan fingerprint density at radius 3 is 2.89 bits per heavy atom. The zero-order valence-electron chi connectivity index (χ0n) is 10.5. The lowest BCUT2D eigenvalue weighted by atomic mass is 9.84. The van der Waals surface area contributed by atoms with E-state index < -0.39 is 5.54 Å². The maximum absolute atomic E-state index is 12.0. The molecule has 2 aromatic rings. The van der Waals surface area contributed by atoms with Crippen LogP contribution in [-0.2, 0) is 23.3 Å². The first-order valence-corrected chi connectivity index (χ1v) is 6.24. The van der Waals surface area contributed by atoms with Gasteiger partial charge in [-0.15, -0.1) is 0 Å². The molecule has 1 atom stereocenters. The highest BCUT2D eigenvalue weighted by Gasteiger charge is 2.43. The summed E-state index contributed by atoms with van der Waals surface area (Å²) >= 11 is 0. The predicted molar refractivity (Wildman–Crippen MR) is 72.1 cm³/mol. The molecule has 96 valence electrons. The first kappa shape index (κ1) is 11.9. The number of hydrogen-bond donors (Lipinski definition) is 2. The van der Waals surface area contributed by atoms with Gasteiger partial charge >= 0.3 is 0 Å². The Kier molecular flexibility index (Phi) is 2.80. The number of benzene rings is 1. The number of carbonyl (C=O) groups excluding carboxylic acids is 1. The number of amides is 1. The van der Waals surface area contributed by atoms with Gasteiger partial charge in [0.15, 0.2) is 0 Å². The first-order chi connectivity index (χ1) is 9.22. The number of pyridine rings is 1. The molecule has 1 aromatic heterocycles. The van der Waals surface area contributed by atoms with Gasteiger partial charge in [-0.1, -0.05) is 30.3 Å². The number of nitrogens with zero attached hydrogens (tertiary/aromatic N) is 1. The quantitative estimate of drug-likeness (QED) is 0.861. The summed E-state index contributed by atoms with van der Waals surface area (Å²) in [6, 6.07) is 11.7. The molecule has 19 heavy (non-hydrogen) atoms. The van der Waals surface area contributed by atoms with Crippen molar-refractivity contribution in [1.29, 1.82) is 0 Å². The van der Waals surface area contributed by atoms with Crippen LogP contribution in [0.5, 0.6) is 0 Å². The zero-order chi connectivity index (χ0) is 13.3. The number of fused-ring (bicyclic) bond motifs is 1. The molecule has 0 saturated heterocycles. The molecule has 0 saturated carbocycles. The number of hydrogen-bond acceptors (Lipinski definition) is 3. The van der Waals surface area contributed by atoms with Crippen molar-refractivity contribution < 1.29 is 4.79 Å². The van der Waals surface area contributed by atoms with E-state index in [4.69, 9.17) is 5.73 Å². The Morgan fingerprint density at radius 1 is 1.32 bits per heavy atom. The van der Waals surface area contributed by atoms with Crippen LogP contribution in [0.1, 0.15) is 16.7 Å². The second-order valence-corrected chi connectivity index (χ2v) is 4.82. The van der Waals surface area contributed by atoms with E-state index in [1.807, 2.05) is 36.4 Å². The van der Waals surface area contributed by atoms with Crippen LogP contribution in [0, 0.1) is 0 Å². The van der Waals surface area contributed by atoms with Crippen LogP contribution in [-0.4, -0.2) is 10.9 Å². The Morgan fingerprint density at radius 2 is 2.16 bits per heavy atom. The molecule has 4 heteroatoms. The number of primary amides is 1. The number of aromatic nitrogens is 1. The molecule has 0 radical (unpaired) electrons. The molecule has 2 heterocycles. The summed E-state index contributed by atoms with van der Waals surface area (Å²) in [7, 11) is 0. The third kappa shape index (κ3) is 1.90. The van der Waals surface area contributed by atoms with E-state index in [0.717, 1.165) is 16.7 Å². The average Bonchev–Trinajstić information content (AvgIpc) is 2.81. The SMILES string of the molecule is NC(=O)C1(Cc2cccnc2)NCc2ccccc21. The molecule has 1 aliphatic heterocycles. The molecule has 1 amide bonds. The van der Waals surface area contributed by atoms with Crippen molar-refractivity contribution in [3.8, 4) is 0 Å². The van der Waals surface area contributed by atoms with Gasteiger partial charge in [0, 0.05) is 25.4 Å². The molecule has 1 aliphatic rings. The normalized spacial score (nSPS) is 21.1. The largest absolute Gasteiger partial charge is 0.368 e. The zero-order valence-corrected chi connectivity index (χ0v) is 10.5. The van der Waals surface area contributed by atoms with Gasteiger partial charge < -0.3 is 5.73 Å². The highest BCUT2D eigenvalue weighted by molar-refractivity contribution is 5.88. The maximum Gasteiger partial charge on any atom is 0.242 e. The van der Waals surface area contributed by atoms with Crippen LogP contribution in [0.2, 0.25) is 0 Å². The van der Waals surface area contributed by atoms with Gasteiger partial charge in [-0.2, -0.15) is 0 Å². The van der Waals surface area contributed by atoms with Crippen molar-refractivity contribution in [2.75, 3.05) is 0 Å². The van der Waals surface area contributed by atoms with Crippen molar-refractivity contribution >= 4 is 5.91 Å². The lowest BCUT2D eigenvalue weighted by Gasteiger charge is -2.27. The molecule has 0 spiro atoms. The summed E-state index contributed by atoms with van der Waals surface area (Å²) in [5, 5.41) is 3.28. The molecule has 1 aromatic carbocycles. The van der Waals surface area contributed by atoms with E-state index in [1.54, 1.807) is 12.4 Å². The lowest BCUT2D eigenvalue weighted by molar-refractivity contribution is -0.124. The van der Waals surface area contributed by atoms with Crippen LogP contribution in [0.4, 0.5) is 0 Å². The molecule has 1 unspecified atom stereocenters. The van der Waals surface area contributed by atoms with E-state index in [1.165, 1.54) is 0 Å². The third-order valence-corrected chi connectivity index (χ3v) is 3.67. The van der Waals surface area contributed by atoms with E-state index in [0.29, 0.717) is 13.0 Å². The van der Waals surface area contributed by atoms with Gasteiger partial charge in [0.05, 0.1) is 0 Å². The maximum atomic E-state index is 12.0. The highest BCUT2D eigenvalue weighted by atomic mass is 16.1. The van der Waals surface area contributed by atoms with E-state index in [2.05, 4.69) is 10.3 Å². The van der Waals surface area contributed by atoms with Crippen molar-refractivity contribution in [3.63, 3.8) is 0 Å². The summed E-state index contributed by atoms with van der Waals surface area (Å²) < 4.78 is 0. The summed E-state index contributed by atoms with van der Waals surface area (Å²) in [5.41, 5.74) is 7.95. The molecular formula is C15H15N3O. The Hall–Kier alpha value is -2.20. The average molecular weight is 253 g/mol. The number of nitrogens with one attached hydrogen (secondary N) is 1. The Balaban J connectivity index is 2.05. The number of carbonyl (C=O) groups is 1. The van der Waals surface area contributed by atoms with Crippen LogP contribution in [0.3, 0.4) is 0 Å². The van der Waals surface area contributed by atoms with E-state index in [9.17, 15) is 4.79 Å². The minimum absolute atomic E-state index is 0.346. The van der Waals surface area contributed by atoms with Crippen LogP contribution in [0.25, 0.3) is 0 Å². The van der Waals surface area contributed by atoms with Gasteiger partial charge in [0.1, 0.15) is 5.54 Å². The smallest absolute Gasteiger partial charge is 0.242 e. The summed E-state index contributed by atoms with van der Waals surface area (Å²) in [4.78, 5) is 16.1. The van der Waals surface area contributed by atoms with Crippen LogP contribution < -0.4 is 11.1 Å². The number of rotatable bonds is 3. The lowest BCUT2D eigenvalue weighted by Crippen LogP contribution is -2.50. The molecule has 3 N–H and O–H groups in total. The predicted octanol–water partition coefficient (Wildman–Crippen LogP) is 1.11. The van der Waals surface area contributed by atoms with Gasteiger partial charge in [0.25, 0.3) is 0 Å². The van der Waals surface area contributed by atoms with Crippen molar-refractivity contribution in [2.45, 2.75) is 18.5 Å². The monoisotopic (exact) mass is 253 g/mol. The minimum Gasteiger partial charge on any atom is -0.368 e. The van der Waals surface area contributed by atoms with E-state index in [-0.39, 0.29) is 5.91 Å². The molecule has 3 rings (SSSR count). The standard InChI is InChI=1S/C15H15N3O/c16-14(19)15(8-11-4-3-7-17-9-11)13-6-2-1-5-12(13)10-18-15/h1-7,9,18H,8,10H2,(H2,16,19). The first-order valence-electron chi connectivity index (χ1n) is 6.24. The third-order valence-electron chi connectivity index (χ3n) is 3.67. The van der Waals surface area contributed by atoms with E-state index >= 15 is 0 Å². The number of nitrogens with two attached hydrogens (primary N) is 1. The fraction of sp³-hybridized carbons (Fsp3) is 0.200. The minimum atomic E-state index is -0.820. The molecular weight excluding hydrogens is 238 g/mol. The van der Waals surface area contributed by atoms with Crippen molar-refractivity contribution in [2.24, 2.45) is 5.73 Å². The van der Waals surface area contributed by atoms with Crippen LogP contribution in [0.15, 0.2) is 48.8 Å². The molecule has 0 aliphatic carbocycles. The molecule has 0 bridgehead atoms. The second-order valence-electron chi connectivity index (χ2n) is 4.82. The Bertz CT molecular complexity index is 612.